The van der Waals surface area contributed by atoms with Crippen molar-refractivity contribution in [1.82, 2.24) is 0 Å². The number of rotatable bonds is 0. The minimum Gasteiger partial charge on any atom is 0 e. The normalized spacial score (nSPS) is 8.29. The molecule has 0 aromatic rings. The summed E-state index contributed by atoms with van der Waals surface area (Å²) in [4.78, 5) is 0. The van der Waals surface area contributed by atoms with Gasteiger partial charge in [0.1, 0.15) is 0 Å². The first-order valence-corrected chi connectivity index (χ1v) is 2.10. The van der Waals surface area contributed by atoms with Crippen LogP contribution in [-0.2, 0) is 30.2 Å². The van der Waals surface area contributed by atoms with Crippen LogP contribution in [0.25, 0.3) is 0 Å². The second kappa shape index (κ2) is 6.27. The van der Waals surface area contributed by atoms with Crippen LogP contribution in [0.4, 0.5) is 0 Å². The van der Waals surface area contributed by atoms with Gasteiger partial charge in [-0.2, -0.15) is 8.42 Å². The SMILES string of the molecule is O=S(=O)(O)O.[KH].[Os]. The smallest absolute Gasteiger partial charge is 0 e. The van der Waals surface area contributed by atoms with Gasteiger partial charge in [0, 0.05) is 19.8 Å². The number of hydrogen-bond acceptors (Lipinski definition) is 2. The van der Waals surface area contributed by atoms with Gasteiger partial charge < -0.3 is 0 Å². The van der Waals surface area contributed by atoms with E-state index in [-0.39, 0.29) is 71.2 Å². The molecule has 7 heteroatoms. The summed E-state index contributed by atoms with van der Waals surface area (Å²) < 4.78 is 31.6. The third-order valence-electron chi connectivity index (χ3n) is 0. The molecule has 0 aliphatic carbocycles. The van der Waals surface area contributed by atoms with Gasteiger partial charge in [-0.1, -0.05) is 0 Å². The zero-order valence-electron chi connectivity index (χ0n) is 2.47. The summed E-state index contributed by atoms with van der Waals surface area (Å²) in [5.41, 5.74) is 0. The molecular weight excluding hydrogens is 325 g/mol. The van der Waals surface area contributed by atoms with E-state index in [0.29, 0.717) is 0 Å². The Morgan fingerprint density at radius 2 is 1.14 bits per heavy atom. The fraction of sp³-hybridized carbons (Fsp3) is 0. The minimum absolute atomic E-state index is 0. The van der Waals surface area contributed by atoms with Crippen LogP contribution in [-0.4, -0.2) is 68.9 Å². The molecule has 0 aromatic carbocycles. The van der Waals surface area contributed by atoms with Crippen molar-refractivity contribution in [3.63, 3.8) is 0 Å². The monoisotopic (exact) mass is 330 g/mol. The van der Waals surface area contributed by atoms with Crippen molar-refractivity contribution in [1.29, 1.82) is 0 Å². The van der Waals surface area contributed by atoms with Crippen molar-refractivity contribution in [3.8, 4) is 0 Å². The second-order valence-electron chi connectivity index (χ2n) is 0.448. The van der Waals surface area contributed by atoms with Crippen LogP contribution in [0.3, 0.4) is 0 Å². The Morgan fingerprint density at radius 1 is 1.14 bits per heavy atom. The molecule has 0 bridgehead atoms. The number of hydrogen-bond donors (Lipinski definition) is 2. The van der Waals surface area contributed by atoms with Crippen LogP contribution < -0.4 is 0 Å². The van der Waals surface area contributed by atoms with E-state index in [9.17, 15) is 0 Å². The molecule has 42 valence electrons. The third-order valence-corrected chi connectivity index (χ3v) is 0. The van der Waals surface area contributed by atoms with E-state index in [1.165, 1.54) is 0 Å². The minimum atomic E-state index is -4.67. The topological polar surface area (TPSA) is 74.6 Å². The van der Waals surface area contributed by atoms with Crippen LogP contribution in [0, 0.1) is 0 Å². The Morgan fingerprint density at radius 3 is 1.14 bits per heavy atom. The first-order chi connectivity index (χ1) is 2.00. The van der Waals surface area contributed by atoms with E-state index in [1.54, 1.807) is 0 Å². The van der Waals surface area contributed by atoms with Crippen molar-refractivity contribution in [2.75, 3.05) is 0 Å². The Kier molecular flexibility index (Phi) is 14.4. The second-order valence-corrected chi connectivity index (χ2v) is 1.34. The van der Waals surface area contributed by atoms with E-state index in [2.05, 4.69) is 0 Å². The van der Waals surface area contributed by atoms with Crippen LogP contribution in [0.2, 0.25) is 0 Å². The summed E-state index contributed by atoms with van der Waals surface area (Å²) in [6.45, 7) is 0. The van der Waals surface area contributed by atoms with E-state index in [4.69, 9.17) is 17.5 Å². The van der Waals surface area contributed by atoms with Crippen molar-refractivity contribution >= 4 is 61.8 Å². The van der Waals surface area contributed by atoms with Crippen LogP contribution in [0.15, 0.2) is 0 Å². The summed E-state index contributed by atoms with van der Waals surface area (Å²) in [7, 11) is -4.67. The molecule has 0 aliphatic heterocycles. The molecule has 7 heavy (non-hydrogen) atoms. The quantitative estimate of drug-likeness (QED) is 0.428. The third kappa shape index (κ3) is 66.9. The molecule has 0 amide bonds. The molecule has 0 unspecified atom stereocenters. The average molecular weight is 328 g/mol. The molecule has 0 saturated carbocycles. The van der Waals surface area contributed by atoms with E-state index in [1.807, 2.05) is 0 Å². The van der Waals surface area contributed by atoms with E-state index < -0.39 is 10.4 Å². The van der Waals surface area contributed by atoms with E-state index in [0.717, 1.165) is 0 Å². The van der Waals surface area contributed by atoms with Gasteiger partial charge in [0.2, 0.25) is 0 Å². The molecule has 0 spiro atoms. The summed E-state index contributed by atoms with van der Waals surface area (Å²) in [5.74, 6) is 0. The van der Waals surface area contributed by atoms with Crippen molar-refractivity contribution < 1.29 is 37.3 Å². The zero-order valence-corrected chi connectivity index (χ0v) is 5.83. The van der Waals surface area contributed by atoms with E-state index >= 15 is 0 Å². The molecule has 0 aromatic heterocycles. The molecule has 0 radical (unpaired) electrons. The molecule has 0 fully saturated rings. The van der Waals surface area contributed by atoms with Crippen molar-refractivity contribution in [2.45, 2.75) is 0 Å². The molecular formula is H3KO4OsS. The van der Waals surface area contributed by atoms with Gasteiger partial charge in [-0.25, -0.2) is 0 Å². The fourth-order valence-corrected chi connectivity index (χ4v) is 0. The van der Waals surface area contributed by atoms with Gasteiger partial charge in [0.05, 0.1) is 0 Å². The first kappa shape index (κ1) is 16.1. The standard InChI is InChI=1S/K.H2O4S.Os.H/c;1-5(2,3)4;;/h;(H2,1,2,3,4);;. The Bertz CT molecular complexity index is 94.9. The molecule has 0 heterocycles. The predicted molar refractivity (Wildman–Crippen MR) is 21.3 cm³/mol. The molecule has 0 rings (SSSR count). The Labute approximate surface area is 97.1 Å². The summed E-state index contributed by atoms with van der Waals surface area (Å²) in [6, 6.07) is 0. The summed E-state index contributed by atoms with van der Waals surface area (Å²) >= 11 is 0. The fourth-order valence-electron chi connectivity index (χ4n) is 0. The largest absolute Gasteiger partial charge is 0 e. The first-order valence-electron chi connectivity index (χ1n) is 0.698. The van der Waals surface area contributed by atoms with Crippen molar-refractivity contribution in [3.05, 3.63) is 0 Å². The average Bonchev–Trinajstić information content (AvgIpc) is 0.722. The van der Waals surface area contributed by atoms with Crippen LogP contribution >= 0.6 is 0 Å². The molecule has 4 nitrogen and oxygen atoms in total. The van der Waals surface area contributed by atoms with Gasteiger partial charge in [0.15, 0.2) is 0 Å². The van der Waals surface area contributed by atoms with Gasteiger partial charge in [-0.3, -0.25) is 9.11 Å². The Balaban J connectivity index is -0.0000000800. The van der Waals surface area contributed by atoms with Crippen molar-refractivity contribution in [2.24, 2.45) is 0 Å². The van der Waals surface area contributed by atoms with Gasteiger partial charge in [-0.15, -0.1) is 0 Å². The molecule has 0 saturated heterocycles. The maximum absolute atomic E-state index is 8.74. The molecule has 2 N–H and O–H groups in total. The molecule has 0 aliphatic rings. The van der Waals surface area contributed by atoms with Gasteiger partial charge in [-0.05, 0) is 0 Å². The zero-order chi connectivity index (χ0) is 4.50. The van der Waals surface area contributed by atoms with Crippen LogP contribution in [0.1, 0.15) is 0 Å². The van der Waals surface area contributed by atoms with Gasteiger partial charge >= 0.3 is 61.8 Å². The summed E-state index contributed by atoms with van der Waals surface area (Å²) in [5, 5.41) is 0. The van der Waals surface area contributed by atoms with Crippen LogP contribution in [0.5, 0.6) is 0 Å². The predicted octanol–water partition coefficient (Wildman–Crippen LogP) is -1.30. The maximum atomic E-state index is 8.74. The Hall–Kier alpha value is 2.14. The molecule has 0 atom stereocenters. The summed E-state index contributed by atoms with van der Waals surface area (Å²) in [6.07, 6.45) is 0. The maximum Gasteiger partial charge on any atom is 0 e. The van der Waals surface area contributed by atoms with Gasteiger partial charge in [0.25, 0.3) is 0 Å².